The van der Waals surface area contributed by atoms with Gasteiger partial charge < -0.3 is 10.0 Å². The molecule has 0 saturated carbocycles. The molecule has 4 heteroatoms. The van der Waals surface area contributed by atoms with Gasteiger partial charge in [-0.3, -0.25) is 9.69 Å². The van der Waals surface area contributed by atoms with E-state index in [9.17, 15) is 9.90 Å². The topological polar surface area (TPSA) is 43.8 Å². The number of amides is 1. The molecule has 2 rings (SSSR count). The summed E-state index contributed by atoms with van der Waals surface area (Å²) in [5.74, 6) is 0.727. The number of benzene rings is 1. The lowest BCUT2D eigenvalue weighted by Crippen LogP contribution is -2.48. The highest BCUT2D eigenvalue weighted by Gasteiger charge is 2.19. The Morgan fingerprint density at radius 1 is 1.13 bits per heavy atom. The first-order valence-corrected chi connectivity index (χ1v) is 8.77. The molecule has 1 heterocycles. The van der Waals surface area contributed by atoms with E-state index in [1.54, 1.807) is 6.92 Å². The first-order valence-electron chi connectivity index (χ1n) is 8.77. The molecule has 1 amide bonds. The predicted molar refractivity (Wildman–Crippen MR) is 93.4 cm³/mol. The Hall–Kier alpha value is -1.39. The van der Waals surface area contributed by atoms with Crippen molar-refractivity contribution in [3.63, 3.8) is 0 Å². The predicted octanol–water partition coefficient (Wildman–Crippen LogP) is 2.79. The van der Waals surface area contributed by atoms with E-state index in [1.807, 2.05) is 4.90 Å². The smallest absolute Gasteiger partial charge is 0.219 e. The van der Waals surface area contributed by atoms with Crippen LogP contribution in [-0.2, 0) is 4.79 Å². The zero-order valence-corrected chi connectivity index (χ0v) is 14.7. The fourth-order valence-corrected chi connectivity index (χ4v) is 3.04. The van der Waals surface area contributed by atoms with Crippen LogP contribution in [0.2, 0.25) is 0 Å². The van der Waals surface area contributed by atoms with Crippen LogP contribution in [0.3, 0.4) is 0 Å². The van der Waals surface area contributed by atoms with Gasteiger partial charge in [-0.25, -0.2) is 0 Å². The first-order chi connectivity index (χ1) is 11.0. The normalized spacial score (nSPS) is 18.7. The molecule has 0 radical (unpaired) electrons. The fraction of sp³-hybridized carbons (Fsp3) is 0.632. The molecule has 4 nitrogen and oxygen atoms in total. The summed E-state index contributed by atoms with van der Waals surface area (Å²) in [6.07, 6.45) is 1.46. The number of rotatable bonds is 6. The van der Waals surface area contributed by atoms with Gasteiger partial charge in [-0.2, -0.15) is 0 Å². The van der Waals surface area contributed by atoms with Gasteiger partial charge in [0.1, 0.15) is 0 Å². The molecule has 0 aromatic heterocycles. The molecular formula is C19H30N2O2. The molecule has 1 aromatic rings. The van der Waals surface area contributed by atoms with Crippen molar-refractivity contribution in [3.05, 3.63) is 35.4 Å². The molecule has 2 unspecified atom stereocenters. The lowest BCUT2D eigenvalue weighted by molar-refractivity contribution is -0.130. The summed E-state index contributed by atoms with van der Waals surface area (Å²) in [5.41, 5.74) is 2.34. The van der Waals surface area contributed by atoms with Gasteiger partial charge >= 0.3 is 0 Å². The van der Waals surface area contributed by atoms with E-state index in [0.29, 0.717) is 5.92 Å². The molecule has 23 heavy (non-hydrogen) atoms. The zero-order valence-electron chi connectivity index (χ0n) is 14.7. The van der Waals surface area contributed by atoms with Crippen molar-refractivity contribution in [1.82, 2.24) is 9.80 Å². The second kappa shape index (κ2) is 8.46. The van der Waals surface area contributed by atoms with E-state index in [2.05, 4.69) is 43.0 Å². The summed E-state index contributed by atoms with van der Waals surface area (Å²) < 4.78 is 0. The lowest BCUT2D eigenvalue weighted by Gasteiger charge is -2.34. The molecule has 1 saturated heterocycles. The summed E-state index contributed by atoms with van der Waals surface area (Å²) in [5, 5.41) is 10.4. The maximum atomic E-state index is 11.3. The van der Waals surface area contributed by atoms with Crippen LogP contribution in [0, 0.1) is 0 Å². The highest BCUT2D eigenvalue weighted by molar-refractivity contribution is 5.73. The number of carbonyl (C=O) groups is 1. The van der Waals surface area contributed by atoms with Gasteiger partial charge in [0.15, 0.2) is 0 Å². The van der Waals surface area contributed by atoms with Crippen LogP contribution in [0.15, 0.2) is 24.3 Å². The van der Waals surface area contributed by atoms with Crippen LogP contribution in [-0.4, -0.2) is 53.5 Å². The molecule has 1 N–H and O–H groups in total. The van der Waals surface area contributed by atoms with Crippen molar-refractivity contribution in [2.75, 3.05) is 32.7 Å². The third-order valence-electron chi connectivity index (χ3n) is 5.04. The van der Waals surface area contributed by atoms with Crippen molar-refractivity contribution >= 4 is 5.91 Å². The minimum absolute atomic E-state index is 0.158. The molecule has 1 aromatic carbocycles. The average Bonchev–Trinajstić information content (AvgIpc) is 2.59. The second-order valence-corrected chi connectivity index (χ2v) is 6.63. The summed E-state index contributed by atoms with van der Waals surface area (Å²) in [6.45, 7) is 10.3. The number of carbonyl (C=O) groups excluding carboxylic acids is 1. The maximum absolute atomic E-state index is 11.3. The highest BCUT2D eigenvalue weighted by Crippen LogP contribution is 2.23. The summed E-state index contributed by atoms with van der Waals surface area (Å²) in [4.78, 5) is 15.5. The van der Waals surface area contributed by atoms with Gasteiger partial charge in [0, 0.05) is 39.6 Å². The number of hydrogen-bond acceptors (Lipinski definition) is 3. The van der Waals surface area contributed by atoms with Crippen LogP contribution in [0.5, 0.6) is 0 Å². The Balaban J connectivity index is 1.79. The molecule has 2 atom stereocenters. The van der Waals surface area contributed by atoms with E-state index in [-0.39, 0.29) is 5.91 Å². The maximum Gasteiger partial charge on any atom is 0.219 e. The third-order valence-corrected chi connectivity index (χ3v) is 5.04. The Bertz CT molecular complexity index is 493. The molecule has 0 bridgehead atoms. The van der Waals surface area contributed by atoms with E-state index < -0.39 is 6.10 Å². The van der Waals surface area contributed by atoms with E-state index in [4.69, 9.17) is 0 Å². The number of aliphatic hydroxyl groups excluding tert-OH is 1. The van der Waals surface area contributed by atoms with Crippen LogP contribution in [0.25, 0.3) is 0 Å². The Morgan fingerprint density at radius 3 is 2.22 bits per heavy atom. The number of piperazine rings is 1. The van der Waals surface area contributed by atoms with Crippen molar-refractivity contribution in [3.8, 4) is 0 Å². The molecule has 1 fully saturated rings. The van der Waals surface area contributed by atoms with Crippen molar-refractivity contribution in [2.24, 2.45) is 0 Å². The number of nitrogens with zero attached hydrogens (tertiary/aromatic N) is 2. The summed E-state index contributed by atoms with van der Waals surface area (Å²) >= 11 is 0. The van der Waals surface area contributed by atoms with Gasteiger partial charge in [-0.15, -0.1) is 0 Å². The summed E-state index contributed by atoms with van der Waals surface area (Å²) in [7, 11) is 0. The molecule has 1 aliphatic heterocycles. The minimum atomic E-state index is -0.410. The zero-order chi connectivity index (χ0) is 16.8. The van der Waals surface area contributed by atoms with Crippen LogP contribution < -0.4 is 0 Å². The summed E-state index contributed by atoms with van der Waals surface area (Å²) in [6, 6.07) is 8.39. The molecule has 128 valence electrons. The lowest BCUT2D eigenvalue weighted by atomic mass is 9.96. The van der Waals surface area contributed by atoms with Gasteiger partial charge in [0.2, 0.25) is 5.91 Å². The van der Waals surface area contributed by atoms with Gasteiger partial charge in [-0.05, 0) is 29.9 Å². The van der Waals surface area contributed by atoms with Crippen molar-refractivity contribution < 1.29 is 9.90 Å². The Kier molecular flexibility index (Phi) is 6.60. The van der Waals surface area contributed by atoms with Crippen LogP contribution in [0.4, 0.5) is 0 Å². The average molecular weight is 318 g/mol. The first kappa shape index (κ1) is 18.0. The third kappa shape index (κ3) is 5.05. The largest absolute Gasteiger partial charge is 0.388 e. The van der Waals surface area contributed by atoms with E-state index >= 15 is 0 Å². The van der Waals surface area contributed by atoms with Crippen LogP contribution in [0.1, 0.15) is 56.8 Å². The molecular weight excluding hydrogens is 288 g/mol. The van der Waals surface area contributed by atoms with Crippen molar-refractivity contribution in [2.45, 2.75) is 45.6 Å². The monoisotopic (exact) mass is 318 g/mol. The van der Waals surface area contributed by atoms with Crippen LogP contribution >= 0.6 is 0 Å². The quantitative estimate of drug-likeness (QED) is 0.877. The van der Waals surface area contributed by atoms with Gasteiger partial charge in [-0.1, -0.05) is 38.1 Å². The number of aliphatic hydroxyl groups is 1. The van der Waals surface area contributed by atoms with Gasteiger partial charge in [0.05, 0.1) is 6.10 Å². The molecule has 1 aliphatic rings. The minimum Gasteiger partial charge on any atom is -0.388 e. The SMILES string of the molecule is CCC(C)c1ccc(C(O)CCN2CCN(C(C)=O)CC2)cc1. The second-order valence-electron chi connectivity index (χ2n) is 6.63. The fourth-order valence-electron chi connectivity index (χ4n) is 3.04. The molecule has 0 spiro atoms. The van der Waals surface area contributed by atoms with Crippen molar-refractivity contribution in [1.29, 1.82) is 0 Å². The number of hydrogen-bond donors (Lipinski definition) is 1. The van der Waals surface area contributed by atoms with Gasteiger partial charge in [0.25, 0.3) is 0 Å². The Morgan fingerprint density at radius 2 is 1.70 bits per heavy atom. The Labute approximate surface area is 140 Å². The highest BCUT2D eigenvalue weighted by atomic mass is 16.3. The van der Waals surface area contributed by atoms with E-state index in [0.717, 1.165) is 51.1 Å². The molecule has 0 aliphatic carbocycles. The standard InChI is InChI=1S/C19H30N2O2/c1-4-15(2)17-5-7-18(8-6-17)19(23)9-10-20-11-13-21(14-12-20)16(3)22/h5-8,15,19,23H,4,9-14H2,1-3H3. The van der Waals surface area contributed by atoms with E-state index in [1.165, 1.54) is 5.56 Å².